The van der Waals surface area contributed by atoms with E-state index in [1.807, 2.05) is 35.9 Å². The van der Waals surface area contributed by atoms with Crippen LogP contribution in [0.2, 0.25) is 0 Å². The second kappa shape index (κ2) is 10.5. The lowest BCUT2D eigenvalue weighted by Gasteiger charge is -2.38. The second-order valence-corrected chi connectivity index (χ2v) is 10.0. The quantitative estimate of drug-likeness (QED) is 0.182. The third kappa shape index (κ3) is 5.51. The van der Waals surface area contributed by atoms with E-state index in [9.17, 15) is 29.5 Å². The average molecular weight is 511 g/mol. The van der Waals surface area contributed by atoms with E-state index in [-0.39, 0.29) is 25.8 Å². The summed E-state index contributed by atoms with van der Waals surface area (Å²) in [7, 11) is 2.82. The SMILES string of the molecule is COC(=O)C(=[N+]=[N-])C(=O)[C@@]1(CC(=O)OC(C)(C)C)CCCN(C(=O)Cc2cn(C)c3ccccc23)C1=O. The van der Waals surface area contributed by atoms with Crippen LogP contribution in [0.15, 0.2) is 30.5 Å². The monoisotopic (exact) mass is 510 g/mol. The number of nitrogens with zero attached hydrogens (tertiary/aromatic N) is 4. The van der Waals surface area contributed by atoms with Crippen LogP contribution in [0.25, 0.3) is 16.4 Å². The van der Waals surface area contributed by atoms with Gasteiger partial charge in [0.2, 0.25) is 11.8 Å². The number of para-hydroxylation sites is 1. The molecular formula is C26H30N4O7. The zero-order valence-electron chi connectivity index (χ0n) is 21.6. The van der Waals surface area contributed by atoms with E-state index in [1.165, 1.54) is 0 Å². The maximum absolute atomic E-state index is 13.8. The Morgan fingerprint density at radius 2 is 1.84 bits per heavy atom. The van der Waals surface area contributed by atoms with Crippen molar-refractivity contribution in [3.8, 4) is 0 Å². The molecule has 0 radical (unpaired) electrons. The van der Waals surface area contributed by atoms with Crippen molar-refractivity contribution < 1.29 is 38.2 Å². The first-order valence-corrected chi connectivity index (χ1v) is 11.8. The van der Waals surface area contributed by atoms with E-state index in [0.29, 0.717) is 5.56 Å². The lowest BCUT2D eigenvalue weighted by atomic mass is 9.71. The molecule has 2 amide bonds. The smallest absolute Gasteiger partial charge is 0.442 e. The van der Waals surface area contributed by atoms with Gasteiger partial charge in [0.25, 0.3) is 5.78 Å². The lowest BCUT2D eigenvalue weighted by molar-refractivity contribution is -0.169. The van der Waals surface area contributed by atoms with Gasteiger partial charge in [-0.3, -0.25) is 24.1 Å². The van der Waals surface area contributed by atoms with Gasteiger partial charge in [0.1, 0.15) is 11.0 Å². The molecule has 0 saturated carbocycles. The molecule has 1 aromatic heterocycles. The minimum absolute atomic E-state index is 0.0234. The molecular weight excluding hydrogens is 480 g/mol. The number of Topliss-reactive ketones (excluding diaryl/α,β-unsaturated/α-hetero) is 1. The van der Waals surface area contributed by atoms with Crippen molar-refractivity contribution in [2.45, 2.75) is 52.1 Å². The van der Waals surface area contributed by atoms with Crippen molar-refractivity contribution in [2.75, 3.05) is 13.7 Å². The summed E-state index contributed by atoms with van der Waals surface area (Å²) < 4.78 is 11.7. The van der Waals surface area contributed by atoms with Gasteiger partial charge < -0.3 is 19.6 Å². The Bertz CT molecular complexity index is 1330. The number of esters is 2. The molecule has 1 aromatic carbocycles. The summed E-state index contributed by atoms with van der Waals surface area (Å²) in [6.45, 7) is 4.89. The molecule has 196 valence electrons. The number of benzene rings is 1. The molecule has 11 heteroatoms. The Morgan fingerprint density at radius 1 is 1.16 bits per heavy atom. The molecule has 3 rings (SSSR count). The Kier molecular flexibility index (Phi) is 7.78. The van der Waals surface area contributed by atoms with E-state index < -0.39 is 52.7 Å². The number of piperidine rings is 1. The molecule has 37 heavy (non-hydrogen) atoms. The number of amides is 2. The second-order valence-electron chi connectivity index (χ2n) is 10.0. The van der Waals surface area contributed by atoms with Crippen molar-refractivity contribution >= 4 is 46.2 Å². The first kappa shape index (κ1) is 27.5. The van der Waals surface area contributed by atoms with Crippen molar-refractivity contribution in [3.05, 3.63) is 41.6 Å². The maximum Gasteiger partial charge on any atom is 0.442 e. The van der Waals surface area contributed by atoms with Crippen molar-refractivity contribution in [1.82, 2.24) is 9.47 Å². The molecule has 0 aliphatic carbocycles. The van der Waals surface area contributed by atoms with Gasteiger partial charge in [0, 0.05) is 30.7 Å². The number of likely N-dealkylation sites (tertiary alicyclic amines) is 1. The summed E-state index contributed by atoms with van der Waals surface area (Å²) in [6, 6.07) is 7.49. The molecule has 11 nitrogen and oxygen atoms in total. The Hall–Kier alpha value is -4.11. The highest BCUT2D eigenvalue weighted by molar-refractivity contribution is 6.65. The van der Waals surface area contributed by atoms with Gasteiger partial charge in [-0.1, -0.05) is 18.2 Å². The van der Waals surface area contributed by atoms with Crippen LogP contribution in [0.5, 0.6) is 0 Å². The largest absolute Gasteiger partial charge is 0.460 e. The molecule has 1 saturated heterocycles. The standard InChI is InChI=1S/C26H30N4O7/c1-25(2,3)37-20(32)14-26(22(33)21(28-27)23(34)36-5)11-8-12-30(24(26)35)19(31)13-16-15-29(4)18-10-7-6-9-17(16)18/h6-7,9-10,15H,8,11-14H2,1-5H3/t26-/m0/s1. The van der Waals surface area contributed by atoms with Crippen LogP contribution in [0.3, 0.4) is 0 Å². The highest BCUT2D eigenvalue weighted by Gasteiger charge is 2.58. The van der Waals surface area contributed by atoms with Crippen molar-refractivity contribution in [3.63, 3.8) is 0 Å². The summed E-state index contributed by atoms with van der Waals surface area (Å²) >= 11 is 0. The molecule has 1 aliphatic heterocycles. The van der Waals surface area contributed by atoms with Crippen LogP contribution in [-0.4, -0.2) is 68.8 Å². The van der Waals surface area contributed by atoms with E-state index in [4.69, 9.17) is 4.74 Å². The summed E-state index contributed by atoms with van der Waals surface area (Å²) in [6.07, 6.45) is 0.959. The number of ketones is 1. The maximum atomic E-state index is 13.8. The highest BCUT2D eigenvalue weighted by atomic mass is 16.6. The zero-order valence-corrected chi connectivity index (χ0v) is 21.6. The van der Waals surface area contributed by atoms with Gasteiger partial charge in [0.15, 0.2) is 0 Å². The topological polar surface area (TPSA) is 148 Å². The number of rotatable bonds is 7. The van der Waals surface area contributed by atoms with Crippen LogP contribution >= 0.6 is 0 Å². The summed E-state index contributed by atoms with van der Waals surface area (Å²) in [5.41, 5.74) is 6.85. The van der Waals surface area contributed by atoms with Gasteiger partial charge >= 0.3 is 17.7 Å². The molecule has 0 spiro atoms. The number of carbonyl (C=O) groups excluding carboxylic acids is 5. The fourth-order valence-electron chi connectivity index (χ4n) is 4.65. The number of ether oxygens (including phenoxy) is 2. The molecule has 0 N–H and O–H groups in total. The van der Waals surface area contributed by atoms with Crippen LogP contribution in [0.4, 0.5) is 0 Å². The van der Waals surface area contributed by atoms with Crippen LogP contribution in [0.1, 0.15) is 45.6 Å². The number of aryl methyl sites for hydroxylation is 1. The molecule has 1 atom stereocenters. The zero-order chi connectivity index (χ0) is 27.5. The van der Waals surface area contributed by atoms with Gasteiger partial charge in [-0.25, -0.2) is 4.79 Å². The molecule has 1 aliphatic rings. The number of hydrogen-bond donors (Lipinski definition) is 0. The number of aromatic nitrogens is 1. The first-order chi connectivity index (χ1) is 17.3. The summed E-state index contributed by atoms with van der Waals surface area (Å²) in [4.78, 5) is 69.3. The predicted octanol–water partition coefficient (Wildman–Crippen LogP) is 2.00. The minimum Gasteiger partial charge on any atom is -0.460 e. The fraction of sp³-hybridized carbons (Fsp3) is 0.462. The van der Waals surface area contributed by atoms with E-state index in [0.717, 1.165) is 22.9 Å². The van der Waals surface area contributed by atoms with Crippen LogP contribution in [-0.2, 0) is 46.9 Å². The number of methoxy groups -OCH3 is 1. The number of carbonyl (C=O) groups is 5. The Balaban J connectivity index is 1.99. The normalized spacial score (nSPS) is 17.8. The highest BCUT2D eigenvalue weighted by Crippen LogP contribution is 2.38. The first-order valence-electron chi connectivity index (χ1n) is 11.8. The van der Waals surface area contributed by atoms with Gasteiger partial charge in [-0.15, -0.1) is 0 Å². The lowest BCUT2D eigenvalue weighted by Crippen LogP contribution is -2.58. The number of hydrogen-bond acceptors (Lipinski definition) is 7. The molecule has 0 bridgehead atoms. The molecule has 2 aromatic rings. The summed E-state index contributed by atoms with van der Waals surface area (Å²) in [5.74, 6) is -4.88. The van der Waals surface area contributed by atoms with E-state index >= 15 is 0 Å². The average Bonchev–Trinajstić information content (AvgIpc) is 3.14. The minimum atomic E-state index is -2.18. The van der Waals surface area contributed by atoms with Gasteiger partial charge in [0.05, 0.1) is 20.0 Å². The molecule has 2 heterocycles. The summed E-state index contributed by atoms with van der Waals surface area (Å²) in [5, 5.41) is 0.847. The predicted molar refractivity (Wildman–Crippen MR) is 131 cm³/mol. The fourth-order valence-corrected chi connectivity index (χ4v) is 4.65. The van der Waals surface area contributed by atoms with Crippen LogP contribution < -0.4 is 0 Å². The molecule has 0 unspecified atom stereocenters. The van der Waals surface area contributed by atoms with Gasteiger partial charge in [-0.05, 0) is 45.2 Å². The third-order valence-electron chi connectivity index (χ3n) is 6.26. The third-order valence-corrected chi connectivity index (χ3v) is 6.26. The number of fused-ring (bicyclic) bond motifs is 1. The van der Waals surface area contributed by atoms with Crippen molar-refractivity contribution in [1.29, 1.82) is 0 Å². The number of imide groups is 1. The van der Waals surface area contributed by atoms with Gasteiger partial charge in [-0.2, -0.15) is 4.79 Å². The van der Waals surface area contributed by atoms with Crippen molar-refractivity contribution in [2.24, 2.45) is 12.5 Å². The van der Waals surface area contributed by atoms with E-state index in [2.05, 4.69) is 9.53 Å². The Labute approximate surface area is 213 Å². The van der Waals surface area contributed by atoms with E-state index in [1.54, 1.807) is 27.0 Å². The Morgan fingerprint density at radius 3 is 2.46 bits per heavy atom. The van der Waals surface area contributed by atoms with Crippen LogP contribution in [0, 0.1) is 5.41 Å². The molecule has 1 fully saturated rings.